The highest BCUT2D eigenvalue weighted by atomic mass is 16.2. The zero-order valence-electron chi connectivity index (χ0n) is 14.3. The maximum Gasteiger partial charge on any atom is 0.314 e. The second-order valence-electron chi connectivity index (χ2n) is 7.09. The lowest BCUT2D eigenvalue weighted by Crippen LogP contribution is -2.45. The van der Waals surface area contributed by atoms with Crippen LogP contribution in [-0.4, -0.2) is 49.6 Å². The molecule has 1 aliphatic heterocycles. The molecule has 22 heavy (non-hydrogen) atoms. The number of rotatable bonds is 8. The number of unbranched alkanes of at least 4 members (excludes halogenated alkanes) is 1. The molecule has 1 rings (SSSR count). The predicted molar refractivity (Wildman–Crippen MR) is 88.4 cm³/mol. The van der Waals surface area contributed by atoms with Crippen LogP contribution in [0.4, 0.5) is 4.79 Å². The van der Waals surface area contributed by atoms with Crippen molar-refractivity contribution in [2.75, 3.05) is 32.7 Å². The van der Waals surface area contributed by atoms with E-state index in [1.807, 2.05) is 0 Å². The van der Waals surface area contributed by atoms with Crippen LogP contribution in [0.3, 0.4) is 0 Å². The molecular formula is C16H32N4O2. The number of hydrogen-bond acceptors (Lipinski definition) is 3. The van der Waals surface area contributed by atoms with E-state index in [0.717, 1.165) is 25.3 Å². The number of nitrogens with zero attached hydrogens (tertiary/aromatic N) is 1. The van der Waals surface area contributed by atoms with Crippen LogP contribution in [0.15, 0.2) is 0 Å². The first-order valence-corrected chi connectivity index (χ1v) is 8.35. The molecule has 1 aliphatic rings. The first kappa shape index (κ1) is 18.7. The van der Waals surface area contributed by atoms with Crippen molar-refractivity contribution in [1.82, 2.24) is 15.5 Å². The second kappa shape index (κ2) is 8.98. The second-order valence-corrected chi connectivity index (χ2v) is 7.09. The fourth-order valence-electron chi connectivity index (χ4n) is 2.40. The largest absolute Gasteiger partial charge is 0.369 e. The molecule has 6 heteroatoms. The smallest absolute Gasteiger partial charge is 0.314 e. The van der Waals surface area contributed by atoms with Crippen LogP contribution in [0.1, 0.15) is 46.5 Å². The highest BCUT2D eigenvalue weighted by molar-refractivity contribution is 5.81. The number of hydrogen-bond donors (Lipinski definition) is 3. The van der Waals surface area contributed by atoms with Crippen LogP contribution in [0, 0.1) is 11.3 Å². The van der Waals surface area contributed by atoms with E-state index in [1.54, 1.807) is 13.8 Å². The molecule has 0 spiro atoms. The number of nitrogens with two attached hydrogens (primary N) is 1. The molecule has 6 nitrogen and oxygen atoms in total. The number of urea groups is 1. The van der Waals surface area contributed by atoms with Gasteiger partial charge in [-0.25, -0.2) is 4.79 Å². The quantitative estimate of drug-likeness (QED) is 0.591. The Hall–Kier alpha value is -1.30. The van der Waals surface area contributed by atoms with Crippen LogP contribution < -0.4 is 16.4 Å². The van der Waals surface area contributed by atoms with E-state index in [1.165, 1.54) is 25.9 Å². The molecule has 1 fully saturated rings. The lowest BCUT2D eigenvalue weighted by Gasteiger charge is -2.30. The third kappa shape index (κ3) is 7.11. The van der Waals surface area contributed by atoms with Gasteiger partial charge < -0.3 is 21.3 Å². The average Bonchev–Trinajstić information content (AvgIpc) is 2.46. The van der Waals surface area contributed by atoms with Crippen LogP contribution >= 0.6 is 0 Å². The average molecular weight is 312 g/mol. The van der Waals surface area contributed by atoms with Gasteiger partial charge in [-0.3, -0.25) is 4.79 Å². The van der Waals surface area contributed by atoms with Gasteiger partial charge in [-0.2, -0.15) is 0 Å². The normalized spacial score (nSPS) is 17.2. The predicted octanol–water partition coefficient (Wildman–Crippen LogP) is 1.31. The Kier molecular flexibility index (Phi) is 7.65. The van der Waals surface area contributed by atoms with Crippen molar-refractivity contribution in [3.63, 3.8) is 0 Å². The molecule has 0 bridgehead atoms. The number of carbonyl (C=O) groups is 2. The zero-order valence-corrected chi connectivity index (χ0v) is 14.3. The number of nitrogens with one attached hydrogen (secondary N) is 2. The van der Waals surface area contributed by atoms with Gasteiger partial charge in [0.2, 0.25) is 5.91 Å². The minimum atomic E-state index is -0.720. The van der Waals surface area contributed by atoms with Crippen LogP contribution in [0.25, 0.3) is 0 Å². The van der Waals surface area contributed by atoms with Gasteiger partial charge in [0.1, 0.15) is 0 Å². The Morgan fingerprint density at radius 2 is 1.82 bits per heavy atom. The Balaban J connectivity index is 2.02. The Labute approximate surface area is 134 Å². The number of likely N-dealkylation sites (tertiary alicyclic amines) is 1. The van der Waals surface area contributed by atoms with Crippen LogP contribution in [0.5, 0.6) is 0 Å². The van der Waals surface area contributed by atoms with Gasteiger partial charge in [-0.1, -0.05) is 6.92 Å². The minimum Gasteiger partial charge on any atom is -0.369 e. The minimum absolute atomic E-state index is 0.235. The first-order chi connectivity index (χ1) is 10.3. The Bertz CT molecular complexity index is 363. The van der Waals surface area contributed by atoms with Gasteiger partial charge in [0.15, 0.2) is 0 Å². The maximum absolute atomic E-state index is 11.6. The van der Waals surface area contributed by atoms with Gasteiger partial charge in [-0.05, 0) is 65.1 Å². The van der Waals surface area contributed by atoms with Gasteiger partial charge >= 0.3 is 6.03 Å². The van der Waals surface area contributed by atoms with Crippen molar-refractivity contribution in [3.05, 3.63) is 0 Å². The Morgan fingerprint density at radius 1 is 1.18 bits per heavy atom. The van der Waals surface area contributed by atoms with E-state index in [9.17, 15) is 9.59 Å². The summed E-state index contributed by atoms with van der Waals surface area (Å²) in [4.78, 5) is 25.3. The highest BCUT2D eigenvalue weighted by Crippen LogP contribution is 2.16. The molecule has 1 heterocycles. The molecule has 4 N–H and O–H groups in total. The fourth-order valence-corrected chi connectivity index (χ4v) is 2.40. The van der Waals surface area contributed by atoms with E-state index in [-0.39, 0.29) is 12.6 Å². The van der Waals surface area contributed by atoms with Crippen molar-refractivity contribution >= 4 is 11.9 Å². The summed E-state index contributed by atoms with van der Waals surface area (Å²) in [6.45, 7) is 10.2. The van der Waals surface area contributed by atoms with Crippen molar-refractivity contribution in [2.45, 2.75) is 46.5 Å². The van der Waals surface area contributed by atoms with Crippen LogP contribution in [0.2, 0.25) is 0 Å². The third-order valence-electron chi connectivity index (χ3n) is 4.42. The van der Waals surface area contributed by atoms with E-state index >= 15 is 0 Å². The number of carbonyl (C=O) groups excluding carboxylic acids is 2. The summed E-state index contributed by atoms with van der Waals surface area (Å²) in [6, 6.07) is -0.235. The summed E-state index contributed by atoms with van der Waals surface area (Å²) in [5, 5.41) is 5.51. The van der Waals surface area contributed by atoms with E-state index in [0.29, 0.717) is 6.54 Å². The number of primary amides is 1. The molecule has 0 aliphatic carbocycles. The van der Waals surface area contributed by atoms with Crippen molar-refractivity contribution < 1.29 is 9.59 Å². The highest BCUT2D eigenvalue weighted by Gasteiger charge is 2.25. The van der Waals surface area contributed by atoms with Crippen molar-refractivity contribution in [3.8, 4) is 0 Å². The summed E-state index contributed by atoms with van der Waals surface area (Å²) in [5.74, 6) is 0.454. The molecule has 0 aromatic carbocycles. The Morgan fingerprint density at radius 3 is 2.41 bits per heavy atom. The molecule has 0 aromatic heterocycles. The zero-order chi connectivity index (χ0) is 16.6. The maximum atomic E-state index is 11.6. The standard InChI is InChI=1S/C16H32N4O2/c1-13-6-10-20(11-7-13)9-5-4-8-18-15(22)19-12-16(2,3)14(17)21/h13H,4-12H2,1-3H3,(H2,17,21)(H2,18,19,22). The summed E-state index contributed by atoms with van der Waals surface area (Å²) in [5.41, 5.74) is 4.54. The lowest BCUT2D eigenvalue weighted by molar-refractivity contribution is -0.125. The molecule has 1 saturated heterocycles. The van der Waals surface area contributed by atoms with Gasteiger partial charge in [0, 0.05) is 13.1 Å². The summed E-state index contributed by atoms with van der Waals surface area (Å²) in [6.07, 6.45) is 4.67. The van der Waals surface area contributed by atoms with E-state index < -0.39 is 11.3 Å². The molecule has 3 amide bonds. The third-order valence-corrected chi connectivity index (χ3v) is 4.42. The van der Waals surface area contributed by atoms with Gasteiger partial charge in [0.25, 0.3) is 0 Å². The molecule has 0 aromatic rings. The van der Waals surface area contributed by atoms with E-state index in [2.05, 4.69) is 22.5 Å². The fraction of sp³-hybridized carbons (Fsp3) is 0.875. The van der Waals surface area contributed by atoms with Gasteiger partial charge in [0.05, 0.1) is 5.41 Å². The molecule has 0 saturated carbocycles. The molecule has 128 valence electrons. The van der Waals surface area contributed by atoms with Crippen molar-refractivity contribution in [2.24, 2.45) is 17.1 Å². The number of amides is 3. The lowest BCUT2D eigenvalue weighted by atomic mass is 9.93. The monoisotopic (exact) mass is 312 g/mol. The summed E-state index contributed by atoms with van der Waals surface area (Å²) < 4.78 is 0. The first-order valence-electron chi connectivity index (χ1n) is 8.35. The van der Waals surface area contributed by atoms with Crippen molar-refractivity contribution in [1.29, 1.82) is 0 Å². The van der Waals surface area contributed by atoms with Gasteiger partial charge in [-0.15, -0.1) is 0 Å². The SMILES string of the molecule is CC1CCN(CCCCNC(=O)NCC(C)(C)C(N)=O)CC1. The number of piperidine rings is 1. The molecular weight excluding hydrogens is 280 g/mol. The molecule has 0 unspecified atom stereocenters. The topological polar surface area (TPSA) is 87.5 Å². The molecule has 0 radical (unpaired) electrons. The van der Waals surface area contributed by atoms with Crippen LogP contribution in [-0.2, 0) is 4.79 Å². The summed E-state index contributed by atoms with van der Waals surface area (Å²) in [7, 11) is 0. The van der Waals surface area contributed by atoms with E-state index in [4.69, 9.17) is 5.73 Å². The summed E-state index contributed by atoms with van der Waals surface area (Å²) >= 11 is 0. The molecule has 0 atom stereocenters.